The molecule has 0 aromatic rings. The van der Waals surface area contributed by atoms with Crippen LogP contribution in [0.5, 0.6) is 0 Å². The molecule has 0 fully saturated rings. The molecule has 0 radical (unpaired) electrons. The zero-order chi connectivity index (χ0) is 4.83. The van der Waals surface area contributed by atoms with Crippen LogP contribution in [0.4, 0.5) is 0 Å². The van der Waals surface area contributed by atoms with Crippen molar-refractivity contribution in [2.45, 2.75) is 0 Å². The Morgan fingerprint density at radius 1 is 1.33 bits per heavy atom. The molecule has 0 aromatic carbocycles. The summed E-state index contributed by atoms with van der Waals surface area (Å²) in [5.74, 6) is 6.71. The van der Waals surface area contributed by atoms with Crippen LogP contribution in [-0.4, -0.2) is 0 Å². The van der Waals surface area contributed by atoms with Gasteiger partial charge < -0.3 is 0 Å². The summed E-state index contributed by atoms with van der Waals surface area (Å²) < 4.78 is 0. The van der Waals surface area contributed by atoms with Gasteiger partial charge in [0.25, 0.3) is 0 Å². The van der Waals surface area contributed by atoms with E-state index in [-0.39, 0.29) is 0 Å². The second kappa shape index (κ2) is 4.33. The predicted molar refractivity (Wildman–Crippen MR) is 27.4 cm³/mol. The van der Waals surface area contributed by atoms with Gasteiger partial charge in [0.2, 0.25) is 0 Å². The van der Waals surface area contributed by atoms with Gasteiger partial charge in [0.1, 0.15) is 0 Å². The van der Waals surface area contributed by atoms with E-state index >= 15 is 0 Å². The third-order valence-corrected chi connectivity index (χ3v) is 0.302. The standard InChI is InChI=1S/C5HP/c1-2-3-4-5-6/h1H. The molecule has 0 saturated heterocycles. The Morgan fingerprint density at radius 3 is 2.17 bits per heavy atom. The molecule has 0 aliphatic heterocycles. The molecule has 0 aliphatic rings. The summed E-state index contributed by atoms with van der Waals surface area (Å²) in [5, 5.41) is 0. The van der Waals surface area contributed by atoms with E-state index in [1.807, 2.05) is 0 Å². The van der Waals surface area contributed by atoms with Crippen molar-refractivity contribution < 1.29 is 0 Å². The molecule has 0 saturated carbocycles. The van der Waals surface area contributed by atoms with Gasteiger partial charge >= 0.3 is 38.5 Å². The molecule has 0 aromatic heterocycles. The number of hydrogen-bond acceptors (Lipinski definition) is 0. The fraction of sp³-hybridized carbons (Fsp3) is 0. The van der Waals surface area contributed by atoms with E-state index in [4.69, 9.17) is 6.42 Å². The van der Waals surface area contributed by atoms with Crippen LogP contribution in [0, 0.1) is 29.8 Å². The normalized spacial score (nSPS) is 3.00. The van der Waals surface area contributed by atoms with Crippen molar-refractivity contribution in [1.82, 2.24) is 0 Å². The molecule has 0 rings (SSSR count). The molecule has 0 bridgehead atoms. The van der Waals surface area contributed by atoms with Crippen LogP contribution in [0.3, 0.4) is 0 Å². The number of hydrogen-bond donors (Lipinski definition) is 0. The van der Waals surface area contributed by atoms with Gasteiger partial charge in [-0.05, 0) is 0 Å². The van der Waals surface area contributed by atoms with Crippen LogP contribution in [0.1, 0.15) is 0 Å². The van der Waals surface area contributed by atoms with Gasteiger partial charge in [-0.3, -0.25) is 0 Å². The summed E-state index contributed by atoms with van der Waals surface area (Å²) in [7, 11) is 3.54. The Morgan fingerprint density at radius 2 is 2.00 bits per heavy atom. The van der Waals surface area contributed by atoms with Crippen molar-refractivity contribution in [1.29, 1.82) is 0 Å². The Bertz CT molecular complexity index is 137. The van der Waals surface area contributed by atoms with Crippen molar-refractivity contribution in [3.8, 4) is 29.8 Å². The third-order valence-electron chi connectivity index (χ3n) is 0.191. The quantitative estimate of drug-likeness (QED) is 0.309. The summed E-state index contributed by atoms with van der Waals surface area (Å²) in [6.07, 6.45) is 4.72. The van der Waals surface area contributed by atoms with Crippen molar-refractivity contribution in [3.05, 3.63) is 0 Å². The summed E-state index contributed by atoms with van der Waals surface area (Å²) in [4.78, 5) is 0. The topological polar surface area (TPSA) is 0 Å². The van der Waals surface area contributed by atoms with E-state index in [0.717, 1.165) is 0 Å². The maximum absolute atomic E-state index is 4.72. The van der Waals surface area contributed by atoms with Crippen LogP contribution in [0.15, 0.2) is 0 Å². The Hall–Kier alpha value is -0.670. The zero-order valence-corrected chi connectivity index (χ0v) is 3.92. The average molecular weight is 92.0 g/mol. The molecule has 26 valence electrons. The van der Waals surface area contributed by atoms with E-state index in [0.29, 0.717) is 0 Å². The monoisotopic (exact) mass is 92.0 g/mol. The van der Waals surface area contributed by atoms with Crippen LogP contribution >= 0.6 is 8.70 Å². The summed E-state index contributed by atoms with van der Waals surface area (Å²) in [6, 6.07) is 0. The van der Waals surface area contributed by atoms with E-state index < -0.39 is 0 Å². The molecular formula is C5HP. The molecule has 1 heteroatoms. The Labute approximate surface area is 39.4 Å². The van der Waals surface area contributed by atoms with Crippen LogP contribution in [0.25, 0.3) is 0 Å². The molecule has 0 heterocycles. The van der Waals surface area contributed by atoms with E-state index in [2.05, 4.69) is 32.1 Å². The van der Waals surface area contributed by atoms with Gasteiger partial charge in [0.05, 0.1) is 0 Å². The van der Waals surface area contributed by atoms with Crippen molar-refractivity contribution in [2.75, 3.05) is 0 Å². The molecule has 6 heavy (non-hydrogen) atoms. The maximum atomic E-state index is 4.72. The van der Waals surface area contributed by atoms with Gasteiger partial charge in [-0.2, -0.15) is 0 Å². The Kier molecular flexibility index (Phi) is 3.85. The first kappa shape index (κ1) is 5.33. The van der Waals surface area contributed by atoms with E-state index in [9.17, 15) is 0 Å². The molecule has 0 nitrogen and oxygen atoms in total. The first-order valence-electron chi connectivity index (χ1n) is 1.26. The van der Waals surface area contributed by atoms with Gasteiger partial charge in [-0.1, -0.05) is 0 Å². The average Bonchev–Trinajstić information content (AvgIpc) is 1.61. The Balaban J connectivity index is 3.60. The zero-order valence-electron chi connectivity index (χ0n) is 3.02. The number of terminal acetylenes is 1. The third kappa shape index (κ3) is 3.33. The van der Waals surface area contributed by atoms with Gasteiger partial charge in [0.15, 0.2) is 0 Å². The van der Waals surface area contributed by atoms with Crippen LogP contribution < -0.4 is 0 Å². The second-order valence-corrected chi connectivity index (χ2v) is 0.730. The van der Waals surface area contributed by atoms with Crippen LogP contribution in [-0.2, 0) is 0 Å². The molecule has 0 aliphatic carbocycles. The van der Waals surface area contributed by atoms with E-state index in [1.54, 1.807) is 0 Å². The molecule has 0 unspecified atom stereocenters. The summed E-state index contributed by atoms with van der Waals surface area (Å²) in [6.45, 7) is 0. The molecule has 0 amide bonds. The summed E-state index contributed by atoms with van der Waals surface area (Å²) >= 11 is 0. The molecular weight excluding hydrogens is 91.0 g/mol. The van der Waals surface area contributed by atoms with Crippen LogP contribution in [0.2, 0.25) is 0 Å². The fourth-order valence-corrected chi connectivity index (χ4v) is 0.120. The number of rotatable bonds is 0. The van der Waals surface area contributed by atoms with E-state index in [1.165, 1.54) is 0 Å². The second-order valence-electron chi connectivity index (χ2n) is 0.506. The fourth-order valence-electron chi connectivity index (χ4n) is 0.0640. The van der Waals surface area contributed by atoms with Crippen molar-refractivity contribution >= 4 is 8.70 Å². The van der Waals surface area contributed by atoms with Crippen molar-refractivity contribution in [3.63, 3.8) is 0 Å². The molecule has 0 spiro atoms. The van der Waals surface area contributed by atoms with Gasteiger partial charge in [-0.15, -0.1) is 0 Å². The van der Waals surface area contributed by atoms with Gasteiger partial charge in [-0.25, -0.2) is 0 Å². The molecule has 0 atom stereocenters. The van der Waals surface area contributed by atoms with Crippen molar-refractivity contribution in [2.24, 2.45) is 0 Å². The first-order chi connectivity index (χ1) is 2.91. The molecule has 0 N–H and O–H groups in total. The SMILES string of the molecule is C#CC#CC#P. The minimum atomic E-state index is 2.10. The van der Waals surface area contributed by atoms with Gasteiger partial charge in [0, 0.05) is 0 Å². The first-order valence-corrected chi connectivity index (χ1v) is 1.71. The predicted octanol–water partition coefficient (Wildman–Crippen LogP) is 0.993. The summed E-state index contributed by atoms with van der Waals surface area (Å²) in [5.41, 5.74) is 2.26. The minimum absolute atomic E-state index is 2.10.